The molecule has 41 heavy (non-hydrogen) atoms. The highest BCUT2D eigenvalue weighted by Gasteiger charge is 2.47. The first-order chi connectivity index (χ1) is 19.5. The molecule has 1 aromatic heterocycles. The SMILES string of the molecule is CN1C(=O)C(CC2(C)CCCCC2)N(C[C@H]2CCOC2)C1=O.CN=C(N)c1c(O)n(CC2CCCC2)c(=O)[nH]c1=O. The molecule has 2 saturated carbocycles. The van der Waals surface area contributed by atoms with Crippen molar-refractivity contribution in [3.63, 3.8) is 0 Å². The minimum atomic E-state index is -0.715. The Kier molecular flexibility index (Phi) is 9.93. The number of likely N-dealkylation sites (N-methyl/N-ethyl adjacent to an activating group) is 1. The maximum Gasteiger partial charge on any atom is 0.331 e. The van der Waals surface area contributed by atoms with E-state index in [1.807, 2.05) is 4.90 Å². The summed E-state index contributed by atoms with van der Waals surface area (Å²) < 4.78 is 6.60. The molecule has 0 radical (unpaired) electrons. The van der Waals surface area contributed by atoms with Crippen LogP contribution in [0.15, 0.2) is 14.6 Å². The van der Waals surface area contributed by atoms with Gasteiger partial charge in [0.2, 0.25) is 5.88 Å². The minimum Gasteiger partial charge on any atom is -0.494 e. The maximum absolute atomic E-state index is 12.5. The lowest BCUT2D eigenvalue weighted by Gasteiger charge is -2.37. The number of aromatic hydroxyl groups is 1. The third-order valence-corrected chi connectivity index (χ3v) is 9.33. The van der Waals surface area contributed by atoms with Gasteiger partial charge in [0.15, 0.2) is 0 Å². The van der Waals surface area contributed by atoms with Crippen LogP contribution in [0.3, 0.4) is 0 Å². The third kappa shape index (κ3) is 7.02. The summed E-state index contributed by atoms with van der Waals surface area (Å²) in [6, 6.07) is -0.387. The van der Waals surface area contributed by atoms with E-state index in [0.717, 1.165) is 45.1 Å². The van der Waals surface area contributed by atoms with Gasteiger partial charge in [0.05, 0.1) is 6.61 Å². The standard InChI is InChI=1S/C17H28N2O3.C12H18N4O3/c1-17(7-4-3-5-8-17)10-14-15(20)18(2)16(21)19(14)11-13-6-9-22-12-13;1-14-9(13)8-10(17)15-12(19)16(11(8)18)6-7-4-2-3-5-7/h13-14H,3-12H2,1-2H3;7,18H,2-6H2,1H3,(H2,13,14)(H,15,17,19)/t13-,14?;/m1./s1. The van der Waals surface area contributed by atoms with Gasteiger partial charge in [-0.25, -0.2) is 9.59 Å². The Balaban J connectivity index is 0.000000191. The zero-order valence-corrected chi connectivity index (χ0v) is 24.7. The lowest BCUT2D eigenvalue weighted by molar-refractivity contribution is -0.128. The summed E-state index contributed by atoms with van der Waals surface area (Å²) in [5.74, 6) is 0.227. The van der Waals surface area contributed by atoms with Crippen molar-refractivity contribution < 1.29 is 19.4 Å². The van der Waals surface area contributed by atoms with Crippen LogP contribution in [-0.4, -0.2) is 82.1 Å². The van der Waals surface area contributed by atoms with Crippen molar-refractivity contribution >= 4 is 17.8 Å². The number of nitrogens with zero attached hydrogens (tertiary/aromatic N) is 4. The van der Waals surface area contributed by atoms with Crippen molar-refractivity contribution in [2.45, 2.75) is 90.1 Å². The predicted molar refractivity (Wildman–Crippen MR) is 155 cm³/mol. The molecule has 2 saturated heterocycles. The Morgan fingerprint density at radius 2 is 1.73 bits per heavy atom. The van der Waals surface area contributed by atoms with Crippen LogP contribution in [0.25, 0.3) is 0 Å². The number of ether oxygens (including phenoxy) is 1. The number of aliphatic imine (C=N–C) groups is 1. The average molecular weight is 575 g/mol. The van der Waals surface area contributed by atoms with E-state index in [4.69, 9.17) is 10.5 Å². The van der Waals surface area contributed by atoms with E-state index in [1.165, 1.54) is 48.6 Å². The summed E-state index contributed by atoms with van der Waals surface area (Å²) in [6.45, 7) is 4.84. The van der Waals surface area contributed by atoms with E-state index in [2.05, 4.69) is 16.9 Å². The number of hydrogen-bond acceptors (Lipinski definition) is 7. The van der Waals surface area contributed by atoms with Crippen LogP contribution < -0.4 is 17.0 Å². The van der Waals surface area contributed by atoms with Crippen LogP contribution in [-0.2, 0) is 16.1 Å². The van der Waals surface area contributed by atoms with Gasteiger partial charge in [0.25, 0.3) is 11.5 Å². The van der Waals surface area contributed by atoms with Crippen LogP contribution in [0.5, 0.6) is 5.88 Å². The van der Waals surface area contributed by atoms with E-state index in [9.17, 15) is 24.3 Å². The van der Waals surface area contributed by atoms with Crippen LogP contribution in [0.2, 0.25) is 0 Å². The smallest absolute Gasteiger partial charge is 0.331 e. The van der Waals surface area contributed by atoms with Crippen LogP contribution in [0, 0.1) is 17.3 Å². The molecular formula is C29H46N6O6. The fraction of sp³-hybridized carbons (Fsp3) is 0.759. The number of imide groups is 1. The van der Waals surface area contributed by atoms with Crippen LogP contribution in [0.4, 0.5) is 4.79 Å². The maximum atomic E-state index is 12.5. The Hall–Kier alpha value is -3.15. The fourth-order valence-corrected chi connectivity index (χ4v) is 6.78. The average Bonchev–Trinajstić information content (AvgIpc) is 3.70. The number of carbonyl (C=O) groups is 2. The molecule has 4 aliphatic rings. The molecule has 5 rings (SSSR count). The van der Waals surface area contributed by atoms with Gasteiger partial charge in [-0.05, 0) is 49.9 Å². The number of rotatable bonds is 7. The number of H-pyrrole nitrogens is 1. The molecule has 12 heteroatoms. The van der Waals surface area contributed by atoms with Gasteiger partial charge in [-0.3, -0.25) is 29.0 Å². The summed E-state index contributed by atoms with van der Waals surface area (Å²) in [7, 11) is 3.03. The summed E-state index contributed by atoms with van der Waals surface area (Å²) in [5.41, 5.74) is 4.32. The fourth-order valence-electron chi connectivity index (χ4n) is 6.78. The van der Waals surface area contributed by atoms with E-state index in [1.54, 1.807) is 7.05 Å². The highest BCUT2D eigenvalue weighted by molar-refractivity contribution is 6.04. The largest absolute Gasteiger partial charge is 0.494 e. The van der Waals surface area contributed by atoms with Gasteiger partial charge in [-0.15, -0.1) is 0 Å². The molecule has 1 unspecified atom stereocenters. The third-order valence-electron chi connectivity index (χ3n) is 9.33. The lowest BCUT2D eigenvalue weighted by atomic mass is 9.71. The Labute approximate surface area is 240 Å². The van der Waals surface area contributed by atoms with E-state index < -0.39 is 17.1 Å². The van der Waals surface area contributed by atoms with Gasteiger partial charge in [-0.2, -0.15) is 0 Å². The number of carbonyl (C=O) groups excluding carboxylic acids is 2. The predicted octanol–water partition coefficient (Wildman–Crippen LogP) is 2.41. The molecule has 0 aromatic carbocycles. The number of amides is 3. The molecule has 12 nitrogen and oxygen atoms in total. The quantitative estimate of drug-likeness (QED) is 0.256. The minimum absolute atomic E-state index is 0.0179. The second-order valence-electron chi connectivity index (χ2n) is 12.5. The second-order valence-corrected chi connectivity index (χ2v) is 12.5. The molecule has 2 aliphatic heterocycles. The molecule has 0 bridgehead atoms. The number of nitrogens with one attached hydrogen (secondary N) is 1. The lowest BCUT2D eigenvalue weighted by Crippen LogP contribution is -2.42. The monoisotopic (exact) mass is 574 g/mol. The number of aromatic nitrogens is 2. The number of urea groups is 1. The van der Waals surface area contributed by atoms with Crippen molar-refractivity contribution in [3.8, 4) is 5.88 Å². The van der Waals surface area contributed by atoms with Crippen LogP contribution >= 0.6 is 0 Å². The van der Waals surface area contributed by atoms with Crippen molar-refractivity contribution in [2.75, 3.05) is 33.9 Å². The molecule has 3 amide bonds. The molecule has 4 fully saturated rings. The molecule has 228 valence electrons. The van der Waals surface area contributed by atoms with Gasteiger partial charge in [-0.1, -0.05) is 39.0 Å². The number of aromatic amines is 1. The summed E-state index contributed by atoms with van der Waals surface area (Å²) in [4.78, 5) is 57.4. The molecule has 0 spiro atoms. The van der Waals surface area contributed by atoms with Gasteiger partial charge < -0.3 is 20.5 Å². The topological polar surface area (TPSA) is 163 Å². The summed E-state index contributed by atoms with van der Waals surface area (Å²) >= 11 is 0. The first kappa shape index (κ1) is 30.8. The van der Waals surface area contributed by atoms with Gasteiger partial charge in [0.1, 0.15) is 17.4 Å². The summed E-state index contributed by atoms with van der Waals surface area (Å²) in [6.07, 6.45) is 12.3. The van der Waals surface area contributed by atoms with E-state index in [-0.39, 0.29) is 34.8 Å². The van der Waals surface area contributed by atoms with E-state index >= 15 is 0 Å². The van der Waals surface area contributed by atoms with Gasteiger partial charge in [0, 0.05) is 39.7 Å². The second kappa shape index (κ2) is 13.2. The van der Waals surface area contributed by atoms with Crippen LogP contribution in [0.1, 0.15) is 83.1 Å². The Morgan fingerprint density at radius 1 is 1.05 bits per heavy atom. The first-order valence-electron chi connectivity index (χ1n) is 15.0. The zero-order chi connectivity index (χ0) is 29.7. The molecule has 2 atom stereocenters. The molecule has 1 aromatic rings. The molecule has 4 N–H and O–H groups in total. The molecule has 3 heterocycles. The number of nitrogens with two attached hydrogens (primary N) is 1. The number of amidine groups is 1. The zero-order valence-electron chi connectivity index (χ0n) is 24.7. The molecule has 2 aliphatic carbocycles. The van der Waals surface area contributed by atoms with Gasteiger partial charge >= 0.3 is 11.7 Å². The van der Waals surface area contributed by atoms with Crippen molar-refractivity contribution in [1.82, 2.24) is 19.4 Å². The van der Waals surface area contributed by atoms with Crippen molar-refractivity contribution in [2.24, 2.45) is 28.0 Å². The van der Waals surface area contributed by atoms with E-state index in [0.29, 0.717) is 31.5 Å². The highest BCUT2D eigenvalue weighted by Crippen LogP contribution is 2.42. The number of hydrogen-bond donors (Lipinski definition) is 3. The highest BCUT2D eigenvalue weighted by atomic mass is 16.5. The normalized spacial score (nSPS) is 25.1. The van der Waals surface area contributed by atoms with Crippen molar-refractivity contribution in [1.29, 1.82) is 0 Å². The molecular weight excluding hydrogens is 528 g/mol. The Bertz CT molecular complexity index is 1240. The summed E-state index contributed by atoms with van der Waals surface area (Å²) in [5, 5.41) is 10.1. The Morgan fingerprint density at radius 3 is 2.34 bits per heavy atom. The first-order valence-corrected chi connectivity index (χ1v) is 15.0. The van der Waals surface area contributed by atoms with Crippen molar-refractivity contribution in [3.05, 3.63) is 26.4 Å².